The van der Waals surface area contributed by atoms with E-state index in [9.17, 15) is 0 Å². The molecule has 132 valence electrons. The highest BCUT2D eigenvalue weighted by atomic mass is 14.1. The minimum atomic E-state index is 1.04. The maximum Gasteiger partial charge on any atom is 0.0310 e. The summed E-state index contributed by atoms with van der Waals surface area (Å²) < 4.78 is 0. The summed E-state index contributed by atoms with van der Waals surface area (Å²) in [5.41, 5.74) is 10.3. The van der Waals surface area contributed by atoms with E-state index in [1.165, 1.54) is 27.8 Å². The van der Waals surface area contributed by atoms with Crippen molar-refractivity contribution in [1.82, 2.24) is 0 Å². The zero-order valence-electron chi connectivity index (χ0n) is 16.7. The fraction of sp³-hybridized carbons (Fsp3) is 0.185. The first kappa shape index (κ1) is 18.6. The first-order valence-corrected chi connectivity index (χ1v) is 9.22. The summed E-state index contributed by atoms with van der Waals surface area (Å²) >= 11 is 0. The first-order chi connectivity index (χ1) is 12.9. The highest BCUT2D eigenvalue weighted by Gasteiger charge is 2.07. The predicted octanol–water partition coefficient (Wildman–Crippen LogP) is 6.03. The van der Waals surface area contributed by atoms with Crippen LogP contribution in [0, 0.1) is 58.3 Å². The lowest BCUT2D eigenvalue weighted by molar-refractivity contribution is 1.26. The van der Waals surface area contributed by atoms with E-state index in [1.807, 2.05) is 0 Å². The van der Waals surface area contributed by atoms with Crippen LogP contribution in [0.5, 0.6) is 0 Å². The van der Waals surface area contributed by atoms with Gasteiger partial charge in [-0.1, -0.05) is 59.1 Å². The third kappa shape index (κ3) is 4.49. The van der Waals surface area contributed by atoms with Crippen LogP contribution in [0.3, 0.4) is 0 Å². The third-order valence-corrected chi connectivity index (χ3v) is 4.87. The van der Waals surface area contributed by atoms with Crippen LogP contribution in [0.2, 0.25) is 0 Å². The van der Waals surface area contributed by atoms with Gasteiger partial charge in [0.25, 0.3) is 0 Å². The van der Waals surface area contributed by atoms with Gasteiger partial charge >= 0.3 is 0 Å². The van der Waals surface area contributed by atoms with E-state index < -0.39 is 0 Å². The second kappa shape index (κ2) is 7.99. The van der Waals surface area contributed by atoms with Crippen LogP contribution in [-0.2, 0) is 0 Å². The molecule has 27 heavy (non-hydrogen) atoms. The molecule has 0 heteroatoms. The van der Waals surface area contributed by atoms with E-state index in [2.05, 4.69) is 113 Å². The van der Waals surface area contributed by atoms with Crippen LogP contribution in [0.4, 0.5) is 0 Å². The molecule has 0 aliphatic carbocycles. The normalized spacial score (nSPS) is 9.81. The molecule has 0 heterocycles. The monoisotopic (exact) mass is 348 g/mol. The molecule has 3 aromatic carbocycles. The molecule has 0 amide bonds. The van der Waals surface area contributed by atoms with E-state index in [0.717, 1.165) is 22.3 Å². The molecule has 0 atom stereocenters. The molecular weight excluding hydrogens is 324 g/mol. The quantitative estimate of drug-likeness (QED) is 0.435. The highest BCUT2D eigenvalue weighted by Crippen LogP contribution is 2.21. The lowest BCUT2D eigenvalue weighted by Crippen LogP contribution is -1.96. The van der Waals surface area contributed by atoms with Crippen molar-refractivity contribution in [3.05, 3.63) is 105 Å². The Labute approximate surface area is 163 Å². The Morgan fingerprint density at radius 2 is 1.00 bits per heavy atom. The number of rotatable bonds is 0. The van der Waals surface area contributed by atoms with Crippen molar-refractivity contribution in [3.8, 4) is 23.7 Å². The molecule has 0 fully saturated rings. The molecule has 0 unspecified atom stereocenters. The van der Waals surface area contributed by atoms with E-state index in [-0.39, 0.29) is 0 Å². The molecule has 3 aromatic rings. The molecule has 0 aliphatic heterocycles. The van der Waals surface area contributed by atoms with E-state index >= 15 is 0 Å². The van der Waals surface area contributed by atoms with Crippen LogP contribution in [0.1, 0.15) is 50.1 Å². The largest absolute Gasteiger partial charge is 0.0616 e. The molecule has 0 spiro atoms. The van der Waals surface area contributed by atoms with E-state index in [1.54, 1.807) is 0 Å². The van der Waals surface area contributed by atoms with Gasteiger partial charge in [0.1, 0.15) is 0 Å². The van der Waals surface area contributed by atoms with Gasteiger partial charge in [0.2, 0.25) is 0 Å². The summed E-state index contributed by atoms with van der Waals surface area (Å²) in [5.74, 6) is 13.3. The number of hydrogen-bond acceptors (Lipinski definition) is 0. The zero-order valence-corrected chi connectivity index (χ0v) is 16.7. The van der Waals surface area contributed by atoms with Crippen LogP contribution in [-0.4, -0.2) is 0 Å². The Hall–Kier alpha value is -3.22. The van der Waals surface area contributed by atoms with Crippen LogP contribution in [0.25, 0.3) is 0 Å². The minimum absolute atomic E-state index is 1.04. The van der Waals surface area contributed by atoms with Crippen molar-refractivity contribution in [3.63, 3.8) is 0 Å². The predicted molar refractivity (Wildman–Crippen MR) is 115 cm³/mol. The van der Waals surface area contributed by atoms with Gasteiger partial charge in [-0.25, -0.2) is 0 Å². The first-order valence-electron chi connectivity index (χ1n) is 9.22. The number of aryl methyl sites for hydroxylation is 3. The standard InChI is InChI=1S/C27H24/c1-19-6-10-24(11-7-19)14-16-26-18-21(3)27(23(5)22(26)4)17-15-25-12-8-20(2)9-13-25/h6-13,18H,1-5H3. The zero-order chi connectivity index (χ0) is 19.4. The molecule has 0 bridgehead atoms. The fourth-order valence-corrected chi connectivity index (χ4v) is 2.95. The van der Waals surface area contributed by atoms with Crippen LogP contribution >= 0.6 is 0 Å². The Morgan fingerprint density at radius 1 is 0.519 bits per heavy atom. The Morgan fingerprint density at radius 3 is 1.52 bits per heavy atom. The summed E-state index contributed by atoms with van der Waals surface area (Å²) in [6.45, 7) is 10.6. The SMILES string of the molecule is Cc1ccc(C#Cc2cc(C)c(C#Cc3ccc(C)cc3)c(C)c2C)cc1. The summed E-state index contributed by atoms with van der Waals surface area (Å²) in [5, 5.41) is 0. The summed E-state index contributed by atoms with van der Waals surface area (Å²) in [6, 6.07) is 18.8. The molecule has 0 saturated heterocycles. The van der Waals surface area contributed by atoms with Gasteiger partial charge in [0, 0.05) is 22.3 Å². The third-order valence-electron chi connectivity index (χ3n) is 4.87. The lowest BCUT2D eigenvalue weighted by atomic mass is 9.93. The molecular formula is C27H24. The summed E-state index contributed by atoms with van der Waals surface area (Å²) in [6.07, 6.45) is 0. The maximum atomic E-state index is 3.37. The van der Waals surface area contributed by atoms with E-state index in [0.29, 0.717) is 0 Å². The van der Waals surface area contributed by atoms with Gasteiger partial charge in [-0.2, -0.15) is 0 Å². The average molecular weight is 348 g/mol. The van der Waals surface area contributed by atoms with E-state index in [4.69, 9.17) is 0 Å². The smallest absolute Gasteiger partial charge is 0.0310 e. The second-order valence-electron chi connectivity index (χ2n) is 7.10. The van der Waals surface area contributed by atoms with Crippen LogP contribution in [0.15, 0.2) is 54.6 Å². The van der Waals surface area contributed by atoms with Crippen molar-refractivity contribution in [2.45, 2.75) is 34.6 Å². The molecule has 0 N–H and O–H groups in total. The van der Waals surface area contributed by atoms with Gasteiger partial charge in [-0.3, -0.25) is 0 Å². The van der Waals surface area contributed by atoms with Gasteiger partial charge < -0.3 is 0 Å². The van der Waals surface area contributed by atoms with Crippen molar-refractivity contribution < 1.29 is 0 Å². The molecule has 0 saturated carbocycles. The summed E-state index contributed by atoms with van der Waals surface area (Å²) in [4.78, 5) is 0. The lowest BCUT2D eigenvalue weighted by Gasteiger charge is -2.10. The maximum absolute atomic E-state index is 3.37. The summed E-state index contributed by atoms with van der Waals surface area (Å²) in [7, 11) is 0. The van der Waals surface area contributed by atoms with Crippen molar-refractivity contribution in [2.24, 2.45) is 0 Å². The second-order valence-corrected chi connectivity index (χ2v) is 7.10. The molecule has 0 aliphatic rings. The fourth-order valence-electron chi connectivity index (χ4n) is 2.95. The van der Waals surface area contributed by atoms with Gasteiger partial charge in [0.05, 0.1) is 0 Å². The minimum Gasteiger partial charge on any atom is -0.0616 e. The molecule has 0 aromatic heterocycles. The van der Waals surface area contributed by atoms with Crippen molar-refractivity contribution >= 4 is 0 Å². The number of benzene rings is 3. The van der Waals surface area contributed by atoms with Crippen molar-refractivity contribution in [1.29, 1.82) is 0 Å². The molecule has 0 nitrogen and oxygen atoms in total. The van der Waals surface area contributed by atoms with Gasteiger partial charge in [-0.15, -0.1) is 0 Å². The Balaban J connectivity index is 1.95. The topological polar surface area (TPSA) is 0 Å². The van der Waals surface area contributed by atoms with Gasteiger partial charge in [-0.05, 0) is 81.6 Å². The number of hydrogen-bond donors (Lipinski definition) is 0. The van der Waals surface area contributed by atoms with Crippen molar-refractivity contribution in [2.75, 3.05) is 0 Å². The molecule has 0 radical (unpaired) electrons. The van der Waals surface area contributed by atoms with Gasteiger partial charge in [0.15, 0.2) is 0 Å². The average Bonchev–Trinajstić information content (AvgIpc) is 2.66. The Bertz CT molecular complexity index is 1090. The van der Waals surface area contributed by atoms with Crippen LogP contribution < -0.4 is 0 Å². The molecule has 3 rings (SSSR count). The Kier molecular flexibility index (Phi) is 5.49. The highest BCUT2D eigenvalue weighted by molar-refractivity contribution is 5.59.